The summed E-state index contributed by atoms with van der Waals surface area (Å²) in [4.78, 5) is 25.3. The van der Waals surface area contributed by atoms with E-state index in [1.54, 1.807) is 30.3 Å². The summed E-state index contributed by atoms with van der Waals surface area (Å²) >= 11 is 6.27. The molecule has 3 aromatic rings. The number of ether oxygens (including phenoxy) is 2. The number of ketones is 1. The molecule has 0 bridgehead atoms. The first kappa shape index (κ1) is 28.5. The summed E-state index contributed by atoms with van der Waals surface area (Å²) in [6.07, 6.45) is 7.62. The minimum absolute atomic E-state index is 0.0383. The van der Waals surface area contributed by atoms with Gasteiger partial charge in [-0.3, -0.25) is 4.79 Å². The second kappa shape index (κ2) is 14.6. The van der Waals surface area contributed by atoms with Gasteiger partial charge in [-0.25, -0.2) is 4.79 Å². The Bertz CT molecular complexity index is 1150. The lowest BCUT2D eigenvalue weighted by molar-refractivity contribution is 0.0734. The molecule has 1 atom stereocenters. The molecule has 4 nitrogen and oxygen atoms in total. The number of hydrogen-bond acceptors (Lipinski definition) is 4. The van der Waals surface area contributed by atoms with Gasteiger partial charge in [0, 0.05) is 11.5 Å². The van der Waals surface area contributed by atoms with Gasteiger partial charge in [0.1, 0.15) is 11.5 Å². The molecule has 0 spiro atoms. The Kier molecular flexibility index (Phi) is 11.2. The van der Waals surface area contributed by atoms with E-state index in [-0.39, 0.29) is 11.7 Å². The average Bonchev–Trinajstić information content (AvgIpc) is 2.92. The highest BCUT2D eigenvalue weighted by molar-refractivity contribution is 6.32. The van der Waals surface area contributed by atoms with E-state index >= 15 is 0 Å². The van der Waals surface area contributed by atoms with E-state index in [1.165, 1.54) is 19.3 Å². The van der Waals surface area contributed by atoms with E-state index in [9.17, 15) is 9.59 Å². The number of esters is 1. The SMILES string of the molecule is CCCCCC[C@H](C)C(=O)c1ccc(-c2ccc(OC(=O)c3ccc(OCCCC)c(Cl)c3)cc2)cc1. The Morgan fingerprint density at radius 1 is 0.784 bits per heavy atom. The molecule has 0 amide bonds. The molecule has 3 aromatic carbocycles. The lowest BCUT2D eigenvalue weighted by atomic mass is 9.93. The summed E-state index contributed by atoms with van der Waals surface area (Å²) in [5.74, 6) is 0.755. The molecule has 0 N–H and O–H groups in total. The number of hydrogen-bond donors (Lipinski definition) is 0. The maximum Gasteiger partial charge on any atom is 0.343 e. The first-order valence-electron chi connectivity index (χ1n) is 13.3. The molecule has 0 saturated heterocycles. The van der Waals surface area contributed by atoms with Crippen molar-refractivity contribution < 1.29 is 19.1 Å². The van der Waals surface area contributed by atoms with Crippen molar-refractivity contribution in [2.45, 2.75) is 65.7 Å². The Morgan fingerprint density at radius 3 is 2.03 bits per heavy atom. The van der Waals surface area contributed by atoms with Crippen molar-refractivity contribution in [3.05, 3.63) is 82.9 Å². The maximum atomic E-state index is 12.8. The number of carbonyl (C=O) groups is 2. The van der Waals surface area contributed by atoms with Crippen LogP contribution in [0.1, 0.15) is 86.4 Å². The lowest BCUT2D eigenvalue weighted by Crippen LogP contribution is -2.11. The van der Waals surface area contributed by atoms with E-state index in [1.807, 2.05) is 43.3 Å². The quantitative estimate of drug-likeness (QED) is 0.0919. The van der Waals surface area contributed by atoms with Crippen molar-refractivity contribution in [2.75, 3.05) is 6.61 Å². The Balaban J connectivity index is 1.57. The first-order chi connectivity index (χ1) is 17.9. The average molecular weight is 521 g/mol. The van der Waals surface area contributed by atoms with Crippen LogP contribution in [0.3, 0.4) is 0 Å². The van der Waals surface area contributed by atoms with Crippen LogP contribution in [-0.4, -0.2) is 18.4 Å². The van der Waals surface area contributed by atoms with Crippen LogP contribution >= 0.6 is 11.6 Å². The van der Waals surface area contributed by atoms with E-state index in [2.05, 4.69) is 13.8 Å². The summed E-state index contributed by atoms with van der Waals surface area (Å²) in [6.45, 7) is 6.89. The predicted molar refractivity (Wildman–Crippen MR) is 151 cm³/mol. The van der Waals surface area contributed by atoms with Gasteiger partial charge in [0.05, 0.1) is 17.2 Å². The van der Waals surface area contributed by atoms with Gasteiger partial charge in [-0.05, 0) is 54.3 Å². The maximum absolute atomic E-state index is 12.8. The largest absolute Gasteiger partial charge is 0.492 e. The van der Waals surface area contributed by atoms with Crippen LogP contribution in [0.25, 0.3) is 11.1 Å². The third kappa shape index (κ3) is 8.46. The summed E-state index contributed by atoms with van der Waals surface area (Å²) in [7, 11) is 0. The van der Waals surface area contributed by atoms with Gasteiger partial charge in [-0.2, -0.15) is 0 Å². The molecule has 0 unspecified atom stereocenters. The van der Waals surface area contributed by atoms with Gasteiger partial charge in [-0.1, -0.05) is 101 Å². The molecule has 0 radical (unpaired) electrons. The van der Waals surface area contributed by atoms with E-state index in [0.717, 1.165) is 42.4 Å². The number of benzene rings is 3. The normalized spacial score (nSPS) is 11.7. The number of halogens is 1. The Labute approximate surface area is 226 Å². The van der Waals surface area contributed by atoms with Crippen LogP contribution in [0.15, 0.2) is 66.7 Å². The molecule has 5 heteroatoms. The van der Waals surface area contributed by atoms with Crippen molar-refractivity contribution in [3.8, 4) is 22.6 Å². The smallest absolute Gasteiger partial charge is 0.343 e. The standard InChI is InChI=1S/C32H37ClO4/c1-4-6-8-9-10-23(3)31(34)26-13-11-24(12-14-26)25-15-18-28(19-16-25)37-32(35)27-17-20-30(29(33)22-27)36-21-7-5-2/h11-20,22-23H,4-10,21H2,1-3H3/t23-/m0/s1. The first-order valence-corrected chi connectivity index (χ1v) is 13.7. The van der Waals surface area contributed by atoms with Crippen LogP contribution in [0.4, 0.5) is 0 Å². The van der Waals surface area contributed by atoms with Crippen LogP contribution < -0.4 is 9.47 Å². The predicted octanol–water partition coefficient (Wildman–Crippen LogP) is 9.19. The highest BCUT2D eigenvalue weighted by Gasteiger charge is 2.15. The van der Waals surface area contributed by atoms with Gasteiger partial charge in [0.2, 0.25) is 0 Å². The molecule has 196 valence electrons. The minimum atomic E-state index is -0.485. The van der Waals surface area contributed by atoms with E-state index in [0.29, 0.717) is 28.7 Å². The molecular formula is C32H37ClO4. The van der Waals surface area contributed by atoms with Crippen molar-refractivity contribution >= 4 is 23.4 Å². The topological polar surface area (TPSA) is 52.6 Å². The van der Waals surface area contributed by atoms with Crippen LogP contribution in [0, 0.1) is 5.92 Å². The molecule has 0 heterocycles. The molecule has 37 heavy (non-hydrogen) atoms. The summed E-state index contributed by atoms with van der Waals surface area (Å²) in [6, 6.07) is 19.9. The van der Waals surface area contributed by atoms with Crippen LogP contribution in [-0.2, 0) is 0 Å². The zero-order valence-electron chi connectivity index (χ0n) is 22.1. The molecule has 0 aromatic heterocycles. The molecule has 3 rings (SSSR count). The van der Waals surface area contributed by atoms with Gasteiger partial charge >= 0.3 is 5.97 Å². The second-order valence-corrected chi connectivity index (χ2v) is 9.86. The highest BCUT2D eigenvalue weighted by Crippen LogP contribution is 2.28. The number of carbonyl (C=O) groups excluding carboxylic acids is 2. The Hall–Kier alpha value is -3.11. The summed E-state index contributed by atoms with van der Waals surface area (Å²) < 4.78 is 11.2. The zero-order valence-corrected chi connectivity index (χ0v) is 22.9. The highest BCUT2D eigenvalue weighted by atomic mass is 35.5. The fourth-order valence-electron chi connectivity index (χ4n) is 4.07. The van der Waals surface area contributed by atoms with Gasteiger partial charge < -0.3 is 9.47 Å². The van der Waals surface area contributed by atoms with E-state index < -0.39 is 5.97 Å². The monoisotopic (exact) mass is 520 g/mol. The molecule has 0 aliphatic heterocycles. The van der Waals surface area contributed by atoms with E-state index in [4.69, 9.17) is 21.1 Å². The third-order valence-electron chi connectivity index (χ3n) is 6.43. The van der Waals surface area contributed by atoms with Crippen LogP contribution in [0.2, 0.25) is 5.02 Å². The molecule has 0 aliphatic carbocycles. The van der Waals surface area contributed by atoms with Gasteiger partial charge in [0.15, 0.2) is 5.78 Å². The van der Waals surface area contributed by atoms with Gasteiger partial charge in [-0.15, -0.1) is 0 Å². The Morgan fingerprint density at radius 2 is 1.41 bits per heavy atom. The zero-order chi connectivity index (χ0) is 26.6. The lowest BCUT2D eigenvalue weighted by Gasteiger charge is -2.11. The molecule has 0 aliphatic rings. The van der Waals surface area contributed by atoms with Crippen molar-refractivity contribution in [3.63, 3.8) is 0 Å². The summed E-state index contributed by atoms with van der Waals surface area (Å²) in [5.41, 5.74) is 3.08. The second-order valence-electron chi connectivity index (χ2n) is 9.45. The van der Waals surface area contributed by atoms with Crippen molar-refractivity contribution in [1.82, 2.24) is 0 Å². The molecule has 0 saturated carbocycles. The van der Waals surface area contributed by atoms with Crippen molar-refractivity contribution in [2.24, 2.45) is 5.92 Å². The fourth-order valence-corrected chi connectivity index (χ4v) is 4.31. The fraction of sp³-hybridized carbons (Fsp3) is 0.375. The summed E-state index contributed by atoms with van der Waals surface area (Å²) in [5, 5.41) is 0.383. The number of unbranched alkanes of at least 4 members (excludes halogenated alkanes) is 4. The minimum Gasteiger partial charge on any atom is -0.492 e. The van der Waals surface area contributed by atoms with Gasteiger partial charge in [0.25, 0.3) is 0 Å². The molecule has 0 fully saturated rings. The number of rotatable bonds is 14. The van der Waals surface area contributed by atoms with Crippen LogP contribution in [0.5, 0.6) is 11.5 Å². The number of Topliss-reactive ketones (excluding diaryl/α,β-unsaturated/α-hetero) is 1. The third-order valence-corrected chi connectivity index (χ3v) is 6.72. The van der Waals surface area contributed by atoms with Crippen molar-refractivity contribution in [1.29, 1.82) is 0 Å². The molecular weight excluding hydrogens is 484 g/mol.